The van der Waals surface area contributed by atoms with Crippen LogP contribution in [0.15, 0.2) is 48.7 Å². The van der Waals surface area contributed by atoms with E-state index in [1.54, 1.807) is 0 Å². The largest absolute Gasteiger partial charge is 0.398 e. The lowest BCUT2D eigenvalue weighted by atomic mass is 10.1. The second kappa shape index (κ2) is 4.18. The number of aryl methyl sites for hydroxylation is 1. The maximum atomic E-state index is 5.87. The molecule has 0 amide bonds. The van der Waals surface area contributed by atoms with E-state index >= 15 is 0 Å². The third-order valence-corrected chi connectivity index (χ3v) is 3.10. The first-order valence-corrected chi connectivity index (χ1v) is 6.11. The summed E-state index contributed by atoms with van der Waals surface area (Å²) in [6.45, 7) is 2.12. The van der Waals surface area contributed by atoms with Gasteiger partial charge in [-0.05, 0) is 18.6 Å². The van der Waals surface area contributed by atoms with Gasteiger partial charge in [-0.1, -0.05) is 37.3 Å². The van der Waals surface area contributed by atoms with E-state index in [1.807, 2.05) is 36.5 Å². The number of nitrogen functional groups attached to an aromatic ring is 1. The van der Waals surface area contributed by atoms with Crippen molar-refractivity contribution >= 4 is 11.3 Å². The molecule has 0 aliphatic rings. The van der Waals surface area contributed by atoms with Crippen molar-refractivity contribution in [2.24, 2.45) is 0 Å². The zero-order valence-electron chi connectivity index (χ0n) is 10.3. The fourth-order valence-electron chi connectivity index (χ4n) is 2.26. The van der Waals surface area contributed by atoms with Crippen LogP contribution in [-0.4, -0.2) is 9.38 Å². The number of anilines is 1. The van der Waals surface area contributed by atoms with Gasteiger partial charge in [0.25, 0.3) is 0 Å². The minimum absolute atomic E-state index is 0.750. The standard InChI is InChI=1S/C15H15N3/c1-2-13-15(11-6-4-3-5-7-11)18-10-12(16)8-9-14(18)17-13/h3-10H,2,16H2,1H3. The highest BCUT2D eigenvalue weighted by Crippen LogP contribution is 2.26. The van der Waals surface area contributed by atoms with Crippen LogP contribution < -0.4 is 5.73 Å². The summed E-state index contributed by atoms with van der Waals surface area (Å²) in [6, 6.07) is 14.2. The van der Waals surface area contributed by atoms with E-state index in [4.69, 9.17) is 5.73 Å². The maximum Gasteiger partial charge on any atom is 0.137 e. The maximum absolute atomic E-state index is 5.87. The highest BCUT2D eigenvalue weighted by atomic mass is 15.0. The molecule has 3 heteroatoms. The van der Waals surface area contributed by atoms with Crippen molar-refractivity contribution in [1.82, 2.24) is 9.38 Å². The van der Waals surface area contributed by atoms with Crippen molar-refractivity contribution < 1.29 is 0 Å². The molecule has 2 aromatic heterocycles. The molecule has 0 spiro atoms. The number of rotatable bonds is 2. The lowest BCUT2D eigenvalue weighted by Gasteiger charge is -2.04. The van der Waals surface area contributed by atoms with Crippen LogP contribution in [0.5, 0.6) is 0 Å². The van der Waals surface area contributed by atoms with Crippen molar-refractivity contribution in [3.8, 4) is 11.3 Å². The summed E-state index contributed by atoms with van der Waals surface area (Å²) in [4.78, 5) is 4.66. The molecule has 1 aromatic carbocycles. The molecular weight excluding hydrogens is 222 g/mol. The van der Waals surface area contributed by atoms with E-state index in [1.165, 1.54) is 5.56 Å². The SMILES string of the molecule is CCc1nc2ccc(N)cn2c1-c1ccccc1. The van der Waals surface area contributed by atoms with Gasteiger partial charge in [0.2, 0.25) is 0 Å². The van der Waals surface area contributed by atoms with Gasteiger partial charge in [0.15, 0.2) is 0 Å². The monoisotopic (exact) mass is 237 g/mol. The van der Waals surface area contributed by atoms with E-state index in [9.17, 15) is 0 Å². The Balaban J connectivity index is 2.35. The van der Waals surface area contributed by atoms with Crippen LogP contribution in [0.2, 0.25) is 0 Å². The second-order valence-corrected chi connectivity index (χ2v) is 4.32. The Morgan fingerprint density at radius 1 is 1.11 bits per heavy atom. The highest BCUT2D eigenvalue weighted by Gasteiger charge is 2.12. The minimum Gasteiger partial charge on any atom is -0.398 e. The topological polar surface area (TPSA) is 43.3 Å². The minimum atomic E-state index is 0.750. The lowest BCUT2D eigenvalue weighted by Crippen LogP contribution is -1.93. The smallest absolute Gasteiger partial charge is 0.137 e. The molecule has 0 aliphatic heterocycles. The van der Waals surface area contributed by atoms with Gasteiger partial charge >= 0.3 is 0 Å². The second-order valence-electron chi connectivity index (χ2n) is 4.32. The molecule has 0 bridgehead atoms. The quantitative estimate of drug-likeness (QED) is 0.744. The number of hydrogen-bond donors (Lipinski definition) is 1. The summed E-state index contributed by atoms with van der Waals surface area (Å²) in [5.74, 6) is 0. The number of benzene rings is 1. The molecule has 0 fully saturated rings. The normalized spacial score (nSPS) is 10.9. The van der Waals surface area contributed by atoms with Gasteiger partial charge in [-0.15, -0.1) is 0 Å². The van der Waals surface area contributed by atoms with Gasteiger partial charge < -0.3 is 5.73 Å². The van der Waals surface area contributed by atoms with Crippen LogP contribution in [0.25, 0.3) is 16.9 Å². The molecule has 0 saturated carbocycles. The summed E-state index contributed by atoms with van der Waals surface area (Å²) >= 11 is 0. The molecule has 0 unspecified atom stereocenters. The van der Waals surface area contributed by atoms with Gasteiger partial charge in [0, 0.05) is 17.4 Å². The van der Waals surface area contributed by atoms with Crippen LogP contribution in [0.3, 0.4) is 0 Å². The first-order valence-electron chi connectivity index (χ1n) is 6.11. The predicted molar refractivity (Wildman–Crippen MR) is 74.4 cm³/mol. The number of nitrogens with zero attached hydrogens (tertiary/aromatic N) is 2. The number of imidazole rings is 1. The van der Waals surface area contributed by atoms with E-state index in [2.05, 4.69) is 28.4 Å². The molecule has 3 rings (SSSR count). The molecule has 3 nitrogen and oxygen atoms in total. The summed E-state index contributed by atoms with van der Waals surface area (Å²) in [5.41, 5.74) is 11.0. The van der Waals surface area contributed by atoms with E-state index in [-0.39, 0.29) is 0 Å². The Kier molecular flexibility index (Phi) is 2.52. The molecule has 0 radical (unpaired) electrons. The van der Waals surface area contributed by atoms with Gasteiger partial charge in [-0.2, -0.15) is 0 Å². The van der Waals surface area contributed by atoms with Gasteiger partial charge in [-0.25, -0.2) is 4.98 Å². The Hall–Kier alpha value is -2.29. The number of aromatic nitrogens is 2. The Morgan fingerprint density at radius 3 is 2.61 bits per heavy atom. The lowest BCUT2D eigenvalue weighted by molar-refractivity contribution is 1.07. The molecule has 0 aliphatic carbocycles. The molecule has 18 heavy (non-hydrogen) atoms. The number of fused-ring (bicyclic) bond motifs is 1. The first kappa shape index (κ1) is 10.8. The van der Waals surface area contributed by atoms with Crippen LogP contribution in [0.4, 0.5) is 5.69 Å². The molecule has 90 valence electrons. The Morgan fingerprint density at radius 2 is 1.89 bits per heavy atom. The fraction of sp³-hybridized carbons (Fsp3) is 0.133. The fourth-order valence-corrected chi connectivity index (χ4v) is 2.26. The van der Waals surface area contributed by atoms with Crippen molar-refractivity contribution in [3.05, 3.63) is 54.4 Å². The summed E-state index contributed by atoms with van der Waals surface area (Å²) in [6.07, 6.45) is 2.84. The van der Waals surface area contributed by atoms with Crippen LogP contribution >= 0.6 is 0 Å². The molecule has 3 aromatic rings. The van der Waals surface area contributed by atoms with Gasteiger partial charge in [0.1, 0.15) is 5.65 Å². The molecule has 0 saturated heterocycles. The zero-order valence-corrected chi connectivity index (χ0v) is 10.3. The van der Waals surface area contributed by atoms with Crippen molar-refractivity contribution in [3.63, 3.8) is 0 Å². The van der Waals surface area contributed by atoms with E-state index < -0.39 is 0 Å². The number of nitrogens with two attached hydrogens (primary N) is 1. The molecule has 2 heterocycles. The van der Waals surface area contributed by atoms with Gasteiger partial charge in [-0.3, -0.25) is 4.40 Å². The Labute approximate surface area is 106 Å². The van der Waals surface area contributed by atoms with E-state index in [0.29, 0.717) is 0 Å². The average molecular weight is 237 g/mol. The number of pyridine rings is 1. The highest BCUT2D eigenvalue weighted by molar-refractivity contribution is 5.68. The predicted octanol–water partition coefficient (Wildman–Crippen LogP) is 3.15. The molecule has 2 N–H and O–H groups in total. The summed E-state index contributed by atoms with van der Waals surface area (Å²) < 4.78 is 2.07. The van der Waals surface area contributed by atoms with Crippen LogP contribution in [0, 0.1) is 0 Å². The van der Waals surface area contributed by atoms with Crippen molar-refractivity contribution in [1.29, 1.82) is 0 Å². The summed E-state index contributed by atoms with van der Waals surface area (Å²) in [7, 11) is 0. The molecular formula is C15H15N3. The Bertz CT molecular complexity index is 684. The van der Waals surface area contributed by atoms with Gasteiger partial charge in [0.05, 0.1) is 11.4 Å². The molecule has 0 atom stereocenters. The first-order chi connectivity index (χ1) is 8.79. The van der Waals surface area contributed by atoms with Crippen molar-refractivity contribution in [2.75, 3.05) is 5.73 Å². The van der Waals surface area contributed by atoms with Crippen LogP contribution in [0.1, 0.15) is 12.6 Å². The number of hydrogen-bond acceptors (Lipinski definition) is 2. The average Bonchev–Trinajstić information content (AvgIpc) is 2.77. The third kappa shape index (κ3) is 1.64. The van der Waals surface area contributed by atoms with Crippen molar-refractivity contribution in [2.45, 2.75) is 13.3 Å². The zero-order chi connectivity index (χ0) is 12.5. The summed E-state index contributed by atoms with van der Waals surface area (Å²) in [5, 5.41) is 0. The van der Waals surface area contributed by atoms with E-state index in [0.717, 1.165) is 29.1 Å². The van der Waals surface area contributed by atoms with Crippen LogP contribution in [-0.2, 0) is 6.42 Å². The third-order valence-electron chi connectivity index (χ3n) is 3.10.